The Balaban J connectivity index is 1.82. The highest BCUT2D eigenvalue weighted by molar-refractivity contribution is 7.13. The number of nitrogens with two attached hydrogens (primary N) is 2. The van der Waals surface area contributed by atoms with Crippen LogP contribution in [0.15, 0.2) is 48.0 Å². The van der Waals surface area contributed by atoms with Gasteiger partial charge in [0.25, 0.3) is 0 Å². The van der Waals surface area contributed by atoms with E-state index in [1.165, 1.54) is 18.4 Å². The lowest BCUT2D eigenvalue weighted by atomic mass is 10.1. The predicted molar refractivity (Wildman–Crippen MR) is 105 cm³/mol. The van der Waals surface area contributed by atoms with Gasteiger partial charge in [0.2, 0.25) is 5.88 Å². The molecule has 0 saturated heterocycles. The predicted octanol–water partition coefficient (Wildman–Crippen LogP) is 2.70. The van der Waals surface area contributed by atoms with Gasteiger partial charge in [0.1, 0.15) is 17.3 Å². The van der Waals surface area contributed by atoms with Crippen molar-refractivity contribution in [3.05, 3.63) is 59.1 Å². The van der Waals surface area contributed by atoms with Crippen molar-refractivity contribution >= 4 is 23.1 Å². The Morgan fingerprint density at radius 3 is 2.70 bits per heavy atom. The number of carbonyl (C=O) groups excluding carboxylic acids is 1. The summed E-state index contributed by atoms with van der Waals surface area (Å²) in [5, 5.41) is 4.64. The van der Waals surface area contributed by atoms with Gasteiger partial charge < -0.3 is 4.74 Å². The average molecular weight is 384 g/mol. The largest absolute Gasteiger partial charge is 0.473 e. The van der Waals surface area contributed by atoms with Gasteiger partial charge in [-0.05, 0) is 24.6 Å². The monoisotopic (exact) mass is 384 g/mol. The van der Waals surface area contributed by atoms with Crippen molar-refractivity contribution in [2.45, 2.75) is 13.5 Å². The fourth-order valence-corrected chi connectivity index (χ4v) is 3.09. The number of benzene rings is 1. The number of carbonyl (C=O) groups is 1. The number of pyridine rings is 1. The topological polar surface area (TPSA) is 111 Å². The van der Waals surface area contributed by atoms with Crippen molar-refractivity contribution in [3.63, 3.8) is 0 Å². The third kappa shape index (κ3) is 4.22. The van der Waals surface area contributed by atoms with Gasteiger partial charge in [-0.3, -0.25) is 5.01 Å². The number of thiazole rings is 1. The van der Waals surface area contributed by atoms with Gasteiger partial charge in [0.05, 0.1) is 5.69 Å². The van der Waals surface area contributed by atoms with Crippen LogP contribution in [0.5, 0.6) is 5.88 Å². The van der Waals surface area contributed by atoms with Gasteiger partial charge in [-0.15, -0.1) is 11.3 Å². The minimum atomic E-state index is -0.536. The van der Waals surface area contributed by atoms with Gasteiger partial charge in [-0.1, -0.05) is 18.2 Å². The summed E-state index contributed by atoms with van der Waals surface area (Å²) >= 11 is 1.51. The van der Waals surface area contributed by atoms with Gasteiger partial charge in [-0.2, -0.15) is 0 Å². The van der Waals surface area contributed by atoms with E-state index in [0.717, 1.165) is 31.8 Å². The zero-order valence-electron chi connectivity index (χ0n) is 15.0. The molecule has 0 bridgehead atoms. The molecular formula is C18H20N6O2S. The Morgan fingerprint density at radius 1 is 1.22 bits per heavy atom. The molecule has 0 saturated carbocycles. The van der Waals surface area contributed by atoms with Crippen molar-refractivity contribution in [3.8, 4) is 16.6 Å². The molecule has 0 fully saturated rings. The molecule has 1 aromatic carbocycles. The first-order valence-corrected chi connectivity index (χ1v) is 9.00. The van der Waals surface area contributed by atoms with Crippen LogP contribution in [-0.4, -0.2) is 28.1 Å². The van der Waals surface area contributed by atoms with Gasteiger partial charge in [0, 0.05) is 30.3 Å². The maximum atomic E-state index is 12.1. The van der Waals surface area contributed by atoms with Gasteiger partial charge >= 0.3 is 6.03 Å². The Kier molecular flexibility index (Phi) is 5.65. The van der Waals surface area contributed by atoms with Crippen LogP contribution in [0, 0.1) is 6.92 Å². The van der Waals surface area contributed by atoms with Gasteiger partial charge in [-0.25, -0.2) is 31.5 Å². The van der Waals surface area contributed by atoms with Gasteiger partial charge in [0.15, 0.2) is 0 Å². The van der Waals surface area contributed by atoms with E-state index in [4.69, 9.17) is 16.4 Å². The van der Waals surface area contributed by atoms with Crippen LogP contribution in [0.4, 0.5) is 10.5 Å². The highest BCUT2D eigenvalue weighted by Crippen LogP contribution is 2.26. The number of amides is 2. The van der Waals surface area contributed by atoms with E-state index in [1.807, 2.05) is 36.6 Å². The lowest BCUT2D eigenvalue weighted by Gasteiger charge is -2.24. The molecule has 8 nitrogen and oxygen atoms in total. The molecule has 0 aliphatic carbocycles. The molecule has 3 rings (SSSR count). The number of aromatic nitrogens is 2. The Bertz CT molecular complexity index is 929. The van der Waals surface area contributed by atoms with E-state index in [2.05, 4.69) is 9.97 Å². The quantitative estimate of drug-likeness (QED) is 0.397. The minimum Gasteiger partial charge on any atom is -0.473 e. The fraction of sp³-hybridized carbons (Fsp3) is 0.167. The van der Waals surface area contributed by atoms with Crippen LogP contribution < -0.4 is 21.4 Å². The fourth-order valence-electron chi connectivity index (χ4n) is 2.48. The molecule has 9 heteroatoms. The second kappa shape index (κ2) is 8.12. The zero-order valence-corrected chi connectivity index (χ0v) is 15.8. The summed E-state index contributed by atoms with van der Waals surface area (Å²) in [6.07, 6.45) is 1.73. The number of anilines is 1. The first-order chi connectivity index (χ1) is 13.0. The number of hydrogen-bond donors (Lipinski definition) is 2. The summed E-state index contributed by atoms with van der Waals surface area (Å²) in [4.78, 5) is 20.8. The number of hydrazine groups is 2. The molecule has 2 amide bonds. The second-order valence-corrected chi connectivity index (χ2v) is 6.72. The molecule has 4 N–H and O–H groups in total. The highest BCUT2D eigenvalue weighted by Gasteiger charge is 2.19. The number of nitrogens with zero attached hydrogens (tertiary/aromatic N) is 4. The number of hydrogen-bond acceptors (Lipinski definition) is 7. The maximum absolute atomic E-state index is 12.1. The molecule has 3 aromatic rings. The summed E-state index contributed by atoms with van der Waals surface area (Å²) in [6.45, 7) is 2.12. The number of aryl methyl sites for hydroxylation is 1. The Morgan fingerprint density at radius 2 is 2.00 bits per heavy atom. The third-order valence-electron chi connectivity index (χ3n) is 3.89. The van der Waals surface area contributed by atoms with E-state index in [0.29, 0.717) is 11.6 Å². The lowest BCUT2D eigenvalue weighted by molar-refractivity contribution is 0.216. The molecule has 0 aliphatic rings. The van der Waals surface area contributed by atoms with Crippen molar-refractivity contribution in [2.75, 3.05) is 12.1 Å². The highest BCUT2D eigenvalue weighted by atomic mass is 32.1. The molecule has 0 atom stereocenters. The maximum Gasteiger partial charge on any atom is 0.352 e. The third-order valence-corrected chi connectivity index (χ3v) is 4.69. The molecule has 27 heavy (non-hydrogen) atoms. The molecule has 0 unspecified atom stereocenters. The van der Waals surface area contributed by atoms with Crippen molar-refractivity contribution < 1.29 is 9.53 Å². The summed E-state index contributed by atoms with van der Waals surface area (Å²) < 4.78 is 5.87. The van der Waals surface area contributed by atoms with Crippen molar-refractivity contribution in [1.29, 1.82) is 0 Å². The number of ether oxygens (including phenoxy) is 1. The van der Waals surface area contributed by atoms with Crippen LogP contribution >= 0.6 is 11.3 Å². The average Bonchev–Trinajstić information content (AvgIpc) is 3.20. The zero-order chi connectivity index (χ0) is 19.4. The van der Waals surface area contributed by atoms with E-state index >= 15 is 0 Å². The van der Waals surface area contributed by atoms with Crippen LogP contribution in [0.2, 0.25) is 0 Å². The number of rotatable bonds is 5. The molecular weight excluding hydrogens is 364 g/mol. The Hall–Kier alpha value is -3.01. The lowest BCUT2D eigenvalue weighted by Crippen LogP contribution is -2.49. The molecule has 140 valence electrons. The van der Waals surface area contributed by atoms with Crippen LogP contribution in [0.3, 0.4) is 0 Å². The van der Waals surface area contributed by atoms with Crippen LogP contribution in [0.1, 0.15) is 11.1 Å². The molecule has 2 heterocycles. The SMILES string of the molecule is Cc1cccc(N(N)C(=O)N(C)N)c1COc1cccc(-c2nccs2)n1. The molecule has 0 spiro atoms. The Labute approximate surface area is 160 Å². The summed E-state index contributed by atoms with van der Waals surface area (Å²) in [5.41, 5.74) is 2.98. The normalized spacial score (nSPS) is 10.5. The van der Waals surface area contributed by atoms with E-state index in [-0.39, 0.29) is 6.61 Å². The summed E-state index contributed by atoms with van der Waals surface area (Å²) in [6, 6.07) is 10.5. The summed E-state index contributed by atoms with van der Waals surface area (Å²) in [5.74, 6) is 11.9. The van der Waals surface area contributed by atoms with E-state index in [9.17, 15) is 4.79 Å². The molecule has 2 aromatic heterocycles. The summed E-state index contributed by atoms with van der Waals surface area (Å²) in [7, 11) is 1.43. The minimum absolute atomic E-state index is 0.200. The second-order valence-electron chi connectivity index (χ2n) is 5.82. The van der Waals surface area contributed by atoms with Crippen LogP contribution in [0.25, 0.3) is 10.7 Å². The molecule has 0 aliphatic heterocycles. The van der Waals surface area contributed by atoms with Crippen molar-refractivity contribution in [2.24, 2.45) is 11.7 Å². The van der Waals surface area contributed by atoms with E-state index < -0.39 is 6.03 Å². The van der Waals surface area contributed by atoms with Crippen LogP contribution in [-0.2, 0) is 6.61 Å². The smallest absolute Gasteiger partial charge is 0.352 e. The van der Waals surface area contributed by atoms with E-state index in [1.54, 1.807) is 18.3 Å². The molecule has 0 radical (unpaired) electrons. The number of urea groups is 1. The van der Waals surface area contributed by atoms with Crippen molar-refractivity contribution in [1.82, 2.24) is 15.0 Å². The first-order valence-electron chi connectivity index (χ1n) is 8.13. The first kappa shape index (κ1) is 18.8. The standard InChI is InChI=1S/C18H20N6O2S/c1-12-5-3-7-15(24(20)18(25)23(2)19)13(12)11-26-16-8-4-6-14(22-16)17-21-9-10-27-17/h3-10H,11,19-20H2,1-2H3.